The highest BCUT2D eigenvalue weighted by atomic mass is 13.7. The predicted octanol–water partition coefficient (Wildman–Crippen LogP) is 2.29. The molecule has 0 fully saturated rings. The fraction of sp³-hybridized carbons (Fsp3) is 0.286. The zero-order chi connectivity index (χ0) is 5.54. The van der Waals surface area contributed by atoms with Gasteiger partial charge in [0.2, 0.25) is 0 Å². The highest BCUT2D eigenvalue weighted by Crippen LogP contribution is 1.80. The summed E-state index contributed by atoms with van der Waals surface area (Å²) in [5, 5.41) is 0. The third-order valence-corrected chi connectivity index (χ3v) is 0.634. The van der Waals surface area contributed by atoms with Crippen LogP contribution in [0, 0.1) is 0 Å². The van der Waals surface area contributed by atoms with Crippen LogP contribution in [0.4, 0.5) is 0 Å². The average Bonchev–Trinajstić information content (AvgIpc) is 1.69. The SMILES string of the molecule is C=C=CCC=CC. The lowest BCUT2D eigenvalue weighted by Crippen LogP contribution is -1.49. The lowest BCUT2D eigenvalue weighted by molar-refractivity contribution is 1.39. The van der Waals surface area contributed by atoms with E-state index in [9.17, 15) is 0 Å². The topological polar surface area (TPSA) is 0 Å². The first-order valence-corrected chi connectivity index (χ1v) is 2.37. The van der Waals surface area contributed by atoms with E-state index >= 15 is 0 Å². The fourth-order valence-corrected chi connectivity index (χ4v) is 0.287. The second kappa shape index (κ2) is 5.26. The van der Waals surface area contributed by atoms with Gasteiger partial charge in [-0.3, -0.25) is 0 Å². The van der Waals surface area contributed by atoms with Gasteiger partial charge < -0.3 is 0 Å². The molecule has 0 aliphatic carbocycles. The average molecular weight is 94.2 g/mol. The molecule has 0 spiro atoms. The van der Waals surface area contributed by atoms with E-state index in [0.717, 1.165) is 6.42 Å². The first kappa shape index (κ1) is 6.26. The molecule has 0 amide bonds. The van der Waals surface area contributed by atoms with Crippen molar-refractivity contribution in [1.82, 2.24) is 0 Å². The molecule has 38 valence electrons. The van der Waals surface area contributed by atoms with E-state index in [-0.39, 0.29) is 0 Å². The van der Waals surface area contributed by atoms with Crippen LogP contribution < -0.4 is 0 Å². The molecule has 0 heteroatoms. The van der Waals surface area contributed by atoms with Crippen LogP contribution in [0.5, 0.6) is 0 Å². The van der Waals surface area contributed by atoms with E-state index in [2.05, 4.69) is 18.4 Å². The van der Waals surface area contributed by atoms with Crippen molar-refractivity contribution >= 4 is 0 Å². The molecule has 0 saturated heterocycles. The van der Waals surface area contributed by atoms with Crippen LogP contribution >= 0.6 is 0 Å². The Morgan fingerprint density at radius 1 is 1.71 bits per heavy atom. The number of allylic oxidation sites excluding steroid dienone is 3. The van der Waals surface area contributed by atoms with Gasteiger partial charge in [0.25, 0.3) is 0 Å². The van der Waals surface area contributed by atoms with Gasteiger partial charge in [-0.05, 0) is 19.4 Å². The lowest BCUT2D eigenvalue weighted by atomic mass is 10.4. The number of rotatable bonds is 2. The Kier molecular flexibility index (Phi) is 4.70. The lowest BCUT2D eigenvalue weighted by Gasteiger charge is -1.70. The second-order valence-electron chi connectivity index (χ2n) is 1.21. The quantitative estimate of drug-likeness (QED) is 0.364. The molecule has 7 heavy (non-hydrogen) atoms. The molecule has 0 bridgehead atoms. The van der Waals surface area contributed by atoms with Gasteiger partial charge in [-0.1, -0.05) is 18.7 Å². The van der Waals surface area contributed by atoms with Crippen LogP contribution in [0.1, 0.15) is 13.3 Å². The van der Waals surface area contributed by atoms with Crippen molar-refractivity contribution in [2.45, 2.75) is 13.3 Å². The van der Waals surface area contributed by atoms with Gasteiger partial charge in [-0.25, -0.2) is 0 Å². The van der Waals surface area contributed by atoms with Crippen LogP contribution in [0.3, 0.4) is 0 Å². The highest BCUT2D eigenvalue weighted by Gasteiger charge is 1.60. The molecule has 0 nitrogen and oxygen atoms in total. The van der Waals surface area contributed by atoms with Crippen molar-refractivity contribution in [2.24, 2.45) is 0 Å². The van der Waals surface area contributed by atoms with Crippen LogP contribution in [0.15, 0.2) is 30.5 Å². The zero-order valence-electron chi connectivity index (χ0n) is 4.65. The van der Waals surface area contributed by atoms with E-state index in [0.29, 0.717) is 0 Å². The predicted molar refractivity (Wildman–Crippen MR) is 33.1 cm³/mol. The maximum absolute atomic E-state index is 3.42. The molecular formula is C7H10. The summed E-state index contributed by atoms with van der Waals surface area (Å²) in [4.78, 5) is 0. The molecule has 0 N–H and O–H groups in total. The molecule has 0 aliphatic rings. The second-order valence-corrected chi connectivity index (χ2v) is 1.21. The van der Waals surface area contributed by atoms with E-state index < -0.39 is 0 Å². The van der Waals surface area contributed by atoms with Gasteiger partial charge in [-0.2, -0.15) is 0 Å². The van der Waals surface area contributed by atoms with E-state index in [1.165, 1.54) is 0 Å². The van der Waals surface area contributed by atoms with E-state index in [1.807, 2.05) is 19.1 Å². The first-order valence-electron chi connectivity index (χ1n) is 2.37. The maximum atomic E-state index is 3.42. The summed E-state index contributed by atoms with van der Waals surface area (Å²) in [6, 6.07) is 0. The molecule has 0 saturated carbocycles. The van der Waals surface area contributed by atoms with Gasteiger partial charge >= 0.3 is 0 Å². The molecule has 0 aromatic rings. The van der Waals surface area contributed by atoms with Gasteiger partial charge in [0.15, 0.2) is 0 Å². The molecule has 0 radical (unpaired) electrons. The Bertz CT molecular complexity index is 92.6. The van der Waals surface area contributed by atoms with Crippen LogP contribution in [-0.2, 0) is 0 Å². The van der Waals surface area contributed by atoms with Crippen molar-refractivity contribution in [3.63, 3.8) is 0 Å². The van der Waals surface area contributed by atoms with E-state index in [4.69, 9.17) is 0 Å². The molecule has 0 unspecified atom stereocenters. The van der Waals surface area contributed by atoms with Crippen molar-refractivity contribution in [1.29, 1.82) is 0 Å². The Hall–Kier alpha value is -0.740. The zero-order valence-corrected chi connectivity index (χ0v) is 4.65. The van der Waals surface area contributed by atoms with Crippen LogP contribution in [0.25, 0.3) is 0 Å². The molecule has 0 aliphatic heterocycles. The summed E-state index contributed by atoms with van der Waals surface area (Å²) in [7, 11) is 0. The van der Waals surface area contributed by atoms with Crippen molar-refractivity contribution in [2.75, 3.05) is 0 Å². The summed E-state index contributed by atoms with van der Waals surface area (Å²) >= 11 is 0. The molecule has 0 heterocycles. The van der Waals surface area contributed by atoms with Crippen LogP contribution in [0.2, 0.25) is 0 Å². The number of hydrogen-bond acceptors (Lipinski definition) is 0. The van der Waals surface area contributed by atoms with Crippen molar-refractivity contribution < 1.29 is 0 Å². The normalized spacial score (nSPS) is 8.71. The molecule has 0 aromatic heterocycles. The highest BCUT2D eigenvalue weighted by molar-refractivity contribution is 4.88. The van der Waals surface area contributed by atoms with Gasteiger partial charge in [0, 0.05) is 0 Å². The van der Waals surface area contributed by atoms with Crippen molar-refractivity contribution in [3.8, 4) is 0 Å². The Balaban J connectivity index is 3.15. The Morgan fingerprint density at radius 2 is 2.43 bits per heavy atom. The maximum Gasteiger partial charge on any atom is -0.00933 e. The van der Waals surface area contributed by atoms with E-state index in [1.54, 1.807) is 0 Å². The van der Waals surface area contributed by atoms with Crippen molar-refractivity contribution in [3.05, 3.63) is 30.5 Å². The number of hydrogen-bond donors (Lipinski definition) is 0. The third kappa shape index (κ3) is 5.26. The summed E-state index contributed by atoms with van der Waals surface area (Å²) in [5.74, 6) is 0. The minimum atomic E-state index is 0.958. The molecule has 0 aromatic carbocycles. The summed E-state index contributed by atoms with van der Waals surface area (Å²) in [6.45, 7) is 5.42. The third-order valence-electron chi connectivity index (χ3n) is 0.634. The minimum absolute atomic E-state index is 0.958. The standard InChI is InChI=1S/C7H10/c1-3-5-7-6-4-2/h4-6H,1,7H2,2H3. The summed E-state index contributed by atoms with van der Waals surface area (Å²) in [5.41, 5.74) is 2.68. The molecule has 0 atom stereocenters. The van der Waals surface area contributed by atoms with Gasteiger partial charge in [-0.15, -0.1) is 5.73 Å². The first-order chi connectivity index (χ1) is 3.41. The molecule has 0 rings (SSSR count). The summed E-state index contributed by atoms with van der Waals surface area (Å²) < 4.78 is 0. The van der Waals surface area contributed by atoms with Crippen LogP contribution in [-0.4, -0.2) is 0 Å². The summed E-state index contributed by atoms with van der Waals surface area (Å²) in [6.07, 6.45) is 6.91. The van der Waals surface area contributed by atoms with Gasteiger partial charge in [0.1, 0.15) is 0 Å². The Morgan fingerprint density at radius 3 is 2.86 bits per heavy atom. The smallest absolute Gasteiger partial charge is 0.00933 e. The fourth-order valence-electron chi connectivity index (χ4n) is 0.287. The Labute approximate surface area is 44.9 Å². The molecular weight excluding hydrogens is 84.1 g/mol. The van der Waals surface area contributed by atoms with Gasteiger partial charge in [0.05, 0.1) is 0 Å². The monoisotopic (exact) mass is 94.1 g/mol. The largest absolute Gasteiger partial charge is 0.133 e. The minimum Gasteiger partial charge on any atom is -0.133 e.